The fourth-order valence-corrected chi connectivity index (χ4v) is 2.71. The normalized spacial score (nSPS) is 20.7. The maximum atomic E-state index is 12.0. The highest BCUT2D eigenvalue weighted by molar-refractivity contribution is 14.0. The van der Waals surface area contributed by atoms with E-state index in [2.05, 4.69) is 32.9 Å². The van der Waals surface area contributed by atoms with Crippen LogP contribution in [-0.2, 0) is 4.79 Å². The molecule has 7 heteroatoms. The fourth-order valence-electron chi connectivity index (χ4n) is 2.71. The van der Waals surface area contributed by atoms with Gasteiger partial charge in [0.2, 0.25) is 5.91 Å². The third-order valence-electron chi connectivity index (χ3n) is 4.03. The van der Waals surface area contributed by atoms with Crippen LogP contribution in [0, 0.1) is 5.92 Å². The monoisotopic (exact) mass is 445 g/mol. The van der Waals surface area contributed by atoms with Gasteiger partial charge in [0.15, 0.2) is 5.96 Å². The predicted octanol–water partition coefficient (Wildman–Crippen LogP) is 2.77. The van der Waals surface area contributed by atoms with Crippen molar-refractivity contribution in [1.82, 2.24) is 15.6 Å². The molecule has 0 radical (unpaired) electrons. The molecule has 0 unspecified atom stereocenters. The van der Waals surface area contributed by atoms with Crippen molar-refractivity contribution in [1.29, 1.82) is 0 Å². The number of hydrogen-bond donors (Lipinski definition) is 3. The number of pyridine rings is 1. The van der Waals surface area contributed by atoms with Crippen LogP contribution in [0.1, 0.15) is 39.5 Å². The fraction of sp³-hybridized carbons (Fsp3) is 0.588. The minimum absolute atomic E-state index is 0. The number of nitrogens with one attached hydrogen (secondary N) is 3. The zero-order chi connectivity index (χ0) is 16.5. The van der Waals surface area contributed by atoms with Crippen LogP contribution in [-0.4, -0.2) is 36.0 Å². The van der Waals surface area contributed by atoms with Gasteiger partial charge >= 0.3 is 0 Å². The van der Waals surface area contributed by atoms with Gasteiger partial charge < -0.3 is 16.0 Å². The second-order valence-electron chi connectivity index (χ2n) is 6.09. The Hall–Kier alpha value is -1.38. The number of guanidine groups is 1. The number of amides is 1. The highest BCUT2D eigenvalue weighted by Gasteiger charge is 2.18. The number of rotatable bonds is 5. The zero-order valence-corrected chi connectivity index (χ0v) is 16.7. The van der Waals surface area contributed by atoms with Gasteiger partial charge in [-0.1, -0.05) is 6.92 Å². The molecule has 3 N–H and O–H groups in total. The summed E-state index contributed by atoms with van der Waals surface area (Å²) in [5, 5.41) is 9.43. The summed E-state index contributed by atoms with van der Waals surface area (Å²) >= 11 is 0. The molecular weight excluding hydrogens is 417 g/mol. The third kappa shape index (κ3) is 7.46. The molecule has 0 bridgehead atoms. The SMILES string of the molecule is CCNC(=NCC(=O)Nc1cccnc1)NC1CCC(C)CC1.I. The second-order valence-corrected chi connectivity index (χ2v) is 6.09. The van der Waals surface area contributed by atoms with Crippen LogP contribution < -0.4 is 16.0 Å². The van der Waals surface area contributed by atoms with E-state index >= 15 is 0 Å². The van der Waals surface area contributed by atoms with Crippen molar-refractivity contribution in [2.75, 3.05) is 18.4 Å². The molecule has 134 valence electrons. The molecule has 2 rings (SSSR count). The van der Waals surface area contributed by atoms with Gasteiger partial charge in [-0.2, -0.15) is 0 Å². The van der Waals surface area contributed by atoms with Gasteiger partial charge in [-0.15, -0.1) is 24.0 Å². The molecule has 1 aromatic heterocycles. The minimum atomic E-state index is -0.146. The second kappa shape index (κ2) is 11.2. The summed E-state index contributed by atoms with van der Waals surface area (Å²) in [6.07, 6.45) is 8.11. The van der Waals surface area contributed by atoms with Gasteiger partial charge in [0.25, 0.3) is 0 Å². The molecule has 1 fully saturated rings. The van der Waals surface area contributed by atoms with Gasteiger partial charge in [0.1, 0.15) is 6.54 Å². The molecule has 24 heavy (non-hydrogen) atoms. The molecule has 0 aliphatic heterocycles. The van der Waals surface area contributed by atoms with Crippen LogP contribution >= 0.6 is 24.0 Å². The van der Waals surface area contributed by atoms with E-state index in [1.807, 2.05) is 6.92 Å². The van der Waals surface area contributed by atoms with Crippen molar-refractivity contribution in [2.45, 2.75) is 45.6 Å². The first kappa shape index (κ1) is 20.7. The van der Waals surface area contributed by atoms with E-state index in [-0.39, 0.29) is 36.4 Å². The molecule has 1 aliphatic rings. The lowest BCUT2D eigenvalue weighted by atomic mass is 9.87. The number of aromatic nitrogens is 1. The van der Waals surface area contributed by atoms with Crippen molar-refractivity contribution in [3.05, 3.63) is 24.5 Å². The molecule has 1 amide bonds. The highest BCUT2D eigenvalue weighted by atomic mass is 127. The summed E-state index contributed by atoms with van der Waals surface area (Å²) in [6, 6.07) is 4.04. The first-order valence-electron chi connectivity index (χ1n) is 8.42. The largest absolute Gasteiger partial charge is 0.357 e. The Labute approximate surface area is 161 Å². The Morgan fingerprint density at radius 1 is 1.33 bits per heavy atom. The van der Waals surface area contributed by atoms with E-state index in [0.29, 0.717) is 17.7 Å². The quantitative estimate of drug-likeness (QED) is 0.370. The number of hydrogen-bond acceptors (Lipinski definition) is 3. The Balaban J connectivity index is 0.00000288. The standard InChI is InChI=1S/C17H27N5O.HI/c1-3-19-17(22-14-8-6-13(2)7-9-14)20-12-16(23)21-15-5-4-10-18-11-15;/h4-5,10-11,13-14H,3,6-9,12H2,1-2H3,(H,21,23)(H2,19,20,22);1H. The van der Waals surface area contributed by atoms with E-state index in [9.17, 15) is 4.79 Å². The maximum Gasteiger partial charge on any atom is 0.246 e. The summed E-state index contributed by atoms with van der Waals surface area (Å²) in [5.74, 6) is 1.39. The Bertz CT molecular complexity index is 515. The number of halogens is 1. The van der Waals surface area contributed by atoms with Crippen molar-refractivity contribution >= 4 is 41.5 Å². The molecule has 0 aromatic carbocycles. The van der Waals surface area contributed by atoms with E-state index in [4.69, 9.17) is 0 Å². The molecule has 6 nitrogen and oxygen atoms in total. The van der Waals surface area contributed by atoms with Crippen LogP contribution in [0.5, 0.6) is 0 Å². The number of carbonyl (C=O) groups is 1. The summed E-state index contributed by atoms with van der Waals surface area (Å²) < 4.78 is 0. The Kier molecular flexibility index (Phi) is 9.66. The number of aliphatic imine (C=N–C) groups is 1. The van der Waals surface area contributed by atoms with Gasteiger partial charge in [-0.25, -0.2) is 4.99 Å². The molecule has 1 saturated carbocycles. The van der Waals surface area contributed by atoms with E-state index < -0.39 is 0 Å². The Morgan fingerprint density at radius 3 is 2.71 bits per heavy atom. The maximum absolute atomic E-state index is 12.0. The molecule has 0 spiro atoms. The summed E-state index contributed by atoms with van der Waals surface area (Å²) in [6.45, 7) is 5.20. The van der Waals surface area contributed by atoms with Gasteiger partial charge in [0.05, 0.1) is 11.9 Å². The average Bonchev–Trinajstić information content (AvgIpc) is 2.56. The predicted molar refractivity (Wildman–Crippen MR) is 109 cm³/mol. The molecule has 1 aromatic rings. The van der Waals surface area contributed by atoms with E-state index in [1.54, 1.807) is 24.5 Å². The van der Waals surface area contributed by atoms with Crippen LogP contribution in [0.15, 0.2) is 29.5 Å². The van der Waals surface area contributed by atoms with Crippen LogP contribution in [0.2, 0.25) is 0 Å². The minimum Gasteiger partial charge on any atom is -0.357 e. The lowest BCUT2D eigenvalue weighted by molar-refractivity contribution is -0.114. The van der Waals surface area contributed by atoms with Gasteiger partial charge in [-0.3, -0.25) is 9.78 Å². The number of anilines is 1. The van der Waals surface area contributed by atoms with Crippen molar-refractivity contribution in [3.8, 4) is 0 Å². The summed E-state index contributed by atoms with van der Waals surface area (Å²) in [5.41, 5.74) is 0.687. The lowest BCUT2D eigenvalue weighted by Gasteiger charge is -2.28. The summed E-state index contributed by atoms with van der Waals surface area (Å²) in [7, 11) is 0. The molecular formula is C17H28IN5O. The average molecular weight is 445 g/mol. The first-order chi connectivity index (χ1) is 11.2. The Morgan fingerprint density at radius 2 is 2.08 bits per heavy atom. The van der Waals surface area contributed by atoms with Crippen LogP contribution in [0.3, 0.4) is 0 Å². The van der Waals surface area contributed by atoms with Crippen molar-refractivity contribution in [2.24, 2.45) is 10.9 Å². The molecule has 1 heterocycles. The topological polar surface area (TPSA) is 78.4 Å². The van der Waals surface area contributed by atoms with E-state index in [1.165, 1.54) is 12.8 Å². The third-order valence-corrected chi connectivity index (χ3v) is 4.03. The highest BCUT2D eigenvalue weighted by Crippen LogP contribution is 2.23. The van der Waals surface area contributed by atoms with Gasteiger partial charge in [0, 0.05) is 18.8 Å². The number of carbonyl (C=O) groups excluding carboxylic acids is 1. The molecule has 0 saturated heterocycles. The van der Waals surface area contributed by atoms with Crippen LogP contribution in [0.4, 0.5) is 5.69 Å². The summed E-state index contributed by atoms with van der Waals surface area (Å²) in [4.78, 5) is 20.3. The van der Waals surface area contributed by atoms with Crippen molar-refractivity contribution < 1.29 is 4.79 Å². The van der Waals surface area contributed by atoms with Gasteiger partial charge in [-0.05, 0) is 50.7 Å². The van der Waals surface area contributed by atoms with Crippen molar-refractivity contribution in [3.63, 3.8) is 0 Å². The molecule has 1 aliphatic carbocycles. The number of nitrogens with zero attached hydrogens (tertiary/aromatic N) is 2. The molecule has 0 atom stereocenters. The van der Waals surface area contributed by atoms with Crippen LogP contribution in [0.25, 0.3) is 0 Å². The zero-order valence-electron chi connectivity index (χ0n) is 14.4. The van der Waals surface area contributed by atoms with E-state index in [0.717, 1.165) is 25.3 Å². The lowest BCUT2D eigenvalue weighted by Crippen LogP contribution is -2.45. The smallest absolute Gasteiger partial charge is 0.246 e. The first-order valence-corrected chi connectivity index (χ1v) is 8.42.